The van der Waals surface area contributed by atoms with Crippen LogP contribution in [0.5, 0.6) is 0 Å². The minimum atomic E-state index is -4.54. The molecule has 0 aliphatic rings. The highest BCUT2D eigenvalue weighted by atomic mass is 19.4. The lowest BCUT2D eigenvalue weighted by Gasteiger charge is -2.14. The number of nitrogens with one attached hydrogen (secondary N) is 1. The summed E-state index contributed by atoms with van der Waals surface area (Å²) in [6, 6.07) is 7.83. The van der Waals surface area contributed by atoms with E-state index < -0.39 is 11.9 Å². The average Bonchev–Trinajstić information content (AvgIpc) is 2.45. The van der Waals surface area contributed by atoms with Crippen molar-refractivity contribution in [2.24, 2.45) is 5.84 Å². The molecule has 0 saturated heterocycles. The van der Waals surface area contributed by atoms with Gasteiger partial charge in [0, 0.05) is 16.5 Å². The predicted molar refractivity (Wildman–Crippen MR) is 74.6 cm³/mol. The van der Waals surface area contributed by atoms with E-state index in [2.05, 4.69) is 15.4 Å². The molecule has 0 bridgehead atoms. The summed E-state index contributed by atoms with van der Waals surface area (Å²) in [6.45, 7) is 1.71. The number of benzene rings is 1. The highest BCUT2D eigenvalue weighted by molar-refractivity contribution is 6.08. The van der Waals surface area contributed by atoms with Gasteiger partial charge in [-0.25, -0.2) is 4.98 Å². The van der Waals surface area contributed by atoms with Crippen LogP contribution < -0.4 is 11.3 Å². The number of pyridine rings is 2. The van der Waals surface area contributed by atoms with Gasteiger partial charge in [0.1, 0.15) is 5.69 Å². The Morgan fingerprint density at radius 2 is 1.86 bits per heavy atom. The molecule has 3 rings (SSSR count). The van der Waals surface area contributed by atoms with Crippen LogP contribution in [0.1, 0.15) is 11.4 Å². The van der Waals surface area contributed by atoms with Crippen molar-refractivity contribution in [3.63, 3.8) is 0 Å². The average molecular weight is 292 g/mol. The lowest BCUT2D eigenvalue weighted by atomic mass is 10.1. The summed E-state index contributed by atoms with van der Waals surface area (Å²) in [6.07, 6.45) is -4.54. The van der Waals surface area contributed by atoms with Crippen molar-refractivity contribution in [2.45, 2.75) is 13.1 Å². The molecule has 7 heteroatoms. The van der Waals surface area contributed by atoms with E-state index in [0.717, 1.165) is 6.07 Å². The van der Waals surface area contributed by atoms with E-state index in [0.29, 0.717) is 22.0 Å². The molecule has 1 aromatic carbocycles. The summed E-state index contributed by atoms with van der Waals surface area (Å²) in [5.41, 5.74) is 2.88. The fourth-order valence-electron chi connectivity index (χ4n) is 2.37. The fourth-order valence-corrected chi connectivity index (χ4v) is 2.37. The number of aromatic nitrogens is 2. The number of nitrogens with zero attached hydrogens (tertiary/aromatic N) is 2. The van der Waals surface area contributed by atoms with E-state index >= 15 is 0 Å². The van der Waals surface area contributed by atoms with Crippen molar-refractivity contribution < 1.29 is 13.2 Å². The van der Waals surface area contributed by atoms with Gasteiger partial charge in [-0.3, -0.25) is 10.8 Å². The standard InChI is InChI=1S/C14H11F3N4/c1-7-12-10(21-18)6-11(14(15,16)17)20-13(12)8-4-2-3-5-9(8)19-7/h2-6H,18H2,1H3,(H,20,21). The van der Waals surface area contributed by atoms with E-state index in [1.54, 1.807) is 31.2 Å². The third-order valence-electron chi connectivity index (χ3n) is 3.27. The van der Waals surface area contributed by atoms with Gasteiger partial charge in [0.25, 0.3) is 0 Å². The van der Waals surface area contributed by atoms with Crippen LogP contribution in [0.4, 0.5) is 18.9 Å². The first-order chi connectivity index (χ1) is 9.91. The minimum absolute atomic E-state index is 0.156. The molecule has 0 spiro atoms. The molecule has 108 valence electrons. The van der Waals surface area contributed by atoms with Crippen LogP contribution in [-0.4, -0.2) is 9.97 Å². The third-order valence-corrected chi connectivity index (χ3v) is 3.27. The molecule has 0 atom stereocenters. The van der Waals surface area contributed by atoms with Crippen molar-refractivity contribution in [1.29, 1.82) is 0 Å². The van der Waals surface area contributed by atoms with Gasteiger partial charge < -0.3 is 5.43 Å². The van der Waals surface area contributed by atoms with Gasteiger partial charge in [-0.05, 0) is 19.1 Å². The monoisotopic (exact) mass is 292 g/mol. The van der Waals surface area contributed by atoms with Crippen molar-refractivity contribution >= 4 is 27.5 Å². The number of fused-ring (bicyclic) bond motifs is 3. The summed E-state index contributed by atoms with van der Waals surface area (Å²) in [7, 11) is 0. The number of aryl methyl sites for hydroxylation is 1. The van der Waals surface area contributed by atoms with Crippen LogP contribution in [0.25, 0.3) is 21.8 Å². The van der Waals surface area contributed by atoms with E-state index in [1.807, 2.05) is 0 Å². The Kier molecular flexibility index (Phi) is 2.94. The Morgan fingerprint density at radius 1 is 1.14 bits per heavy atom. The highest BCUT2D eigenvalue weighted by Crippen LogP contribution is 2.35. The SMILES string of the molecule is Cc1nc2ccccc2c2nc(C(F)(F)F)cc(NN)c12. The summed E-state index contributed by atoms with van der Waals surface area (Å²) in [4.78, 5) is 8.17. The number of alkyl halides is 3. The molecule has 0 unspecified atom stereocenters. The fraction of sp³-hybridized carbons (Fsp3) is 0.143. The van der Waals surface area contributed by atoms with E-state index in [1.165, 1.54) is 0 Å². The number of nitrogens with two attached hydrogens (primary N) is 1. The van der Waals surface area contributed by atoms with Crippen molar-refractivity contribution in [3.05, 3.63) is 41.7 Å². The topological polar surface area (TPSA) is 63.8 Å². The number of hydrazine groups is 1. The molecule has 21 heavy (non-hydrogen) atoms. The van der Waals surface area contributed by atoms with Crippen LogP contribution in [0.15, 0.2) is 30.3 Å². The van der Waals surface area contributed by atoms with Gasteiger partial charge in [0.2, 0.25) is 0 Å². The van der Waals surface area contributed by atoms with E-state index in [9.17, 15) is 13.2 Å². The van der Waals surface area contributed by atoms with E-state index in [-0.39, 0.29) is 11.2 Å². The second-order valence-corrected chi connectivity index (χ2v) is 4.64. The summed E-state index contributed by atoms with van der Waals surface area (Å²) in [5, 5.41) is 1.05. The first-order valence-corrected chi connectivity index (χ1v) is 6.15. The number of rotatable bonds is 1. The number of anilines is 1. The molecule has 2 aromatic heterocycles. The Balaban J connectivity index is 2.53. The Labute approximate surface area is 117 Å². The lowest BCUT2D eigenvalue weighted by molar-refractivity contribution is -0.140. The van der Waals surface area contributed by atoms with Gasteiger partial charge in [-0.2, -0.15) is 13.2 Å². The van der Waals surface area contributed by atoms with Crippen molar-refractivity contribution in [2.75, 3.05) is 5.43 Å². The molecule has 0 aliphatic heterocycles. The normalized spacial score (nSPS) is 12.0. The summed E-state index contributed by atoms with van der Waals surface area (Å²) < 4.78 is 39.0. The Morgan fingerprint density at radius 3 is 2.52 bits per heavy atom. The van der Waals surface area contributed by atoms with Crippen molar-refractivity contribution in [1.82, 2.24) is 9.97 Å². The number of hydrogen-bond acceptors (Lipinski definition) is 4. The second kappa shape index (κ2) is 4.56. The molecule has 4 nitrogen and oxygen atoms in total. The van der Waals surface area contributed by atoms with Crippen LogP contribution in [0.3, 0.4) is 0 Å². The Bertz CT molecular complexity index is 843. The summed E-state index contributed by atoms with van der Waals surface area (Å²) in [5.74, 6) is 5.37. The molecular formula is C14H11F3N4. The Hall–Kier alpha value is -2.41. The van der Waals surface area contributed by atoms with Crippen LogP contribution in [-0.2, 0) is 6.18 Å². The largest absolute Gasteiger partial charge is 0.433 e. The van der Waals surface area contributed by atoms with Crippen LogP contribution >= 0.6 is 0 Å². The minimum Gasteiger partial charge on any atom is -0.323 e. The quantitative estimate of drug-likeness (QED) is 0.410. The number of para-hydroxylation sites is 1. The van der Waals surface area contributed by atoms with Gasteiger partial charge in [-0.15, -0.1) is 0 Å². The number of nitrogen functional groups attached to an aromatic ring is 1. The van der Waals surface area contributed by atoms with Crippen LogP contribution in [0.2, 0.25) is 0 Å². The number of hydrogen-bond donors (Lipinski definition) is 2. The van der Waals surface area contributed by atoms with Crippen molar-refractivity contribution in [3.8, 4) is 0 Å². The maximum absolute atomic E-state index is 13.0. The maximum atomic E-state index is 13.0. The molecule has 3 aromatic rings. The first kappa shape index (κ1) is 13.6. The van der Waals surface area contributed by atoms with Gasteiger partial charge in [-0.1, -0.05) is 18.2 Å². The molecule has 0 fully saturated rings. The molecule has 0 aliphatic carbocycles. The number of halogens is 3. The van der Waals surface area contributed by atoms with Gasteiger partial charge in [0.15, 0.2) is 0 Å². The lowest BCUT2D eigenvalue weighted by Crippen LogP contribution is -2.13. The second-order valence-electron chi connectivity index (χ2n) is 4.64. The van der Waals surface area contributed by atoms with Crippen LogP contribution in [0, 0.1) is 6.92 Å². The smallest absolute Gasteiger partial charge is 0.323 e. The van der Waals surface area contributed by atoms with E-state index in [4.69, 9.17) is 5.84 Å². The first-order valence-electron chi connectivity index (χ1n) is 6.15. The van der Waals surface area contributed by atoms with Gasteiger partial charge >= 0.3 is 6.18 Å². The molecule has 0 saturated carbocycles. The molecule has 3 N–H and O–H groups in total. The zero-order valence-electron chi connectivity index (χ0n) is 11.0. The van der Waals surface area contributed by atoms with Gasteiger partial charge in [0.05, 0.1) is 16.7 Å². The maximum Gasteiger partial charge on any atom is 0.433 e. The molecular weight excluding hydrogens is 281 g/mol. The highest BCUT2D eigenvalue weighted by Gasteiger charge is 2.33. The zero-order chi connectivity index (χ0) is 15.2. The zero-order valence-corrected chi connectivity index (χ0v) is 11.0. The molecule has 0 amide bonds. The predicted octanol–water partition coefficient (Wildman–Crippen LogP) is 3.40. The molecule has 2 heterocycles. The summed E-state index contributed by atoms with van der Waals surface area (Å²) >= 11 is 0. The molecule has 0 radical (unpaired) electrons. The third kappa shape index (κ3) is 2.15.